The third kappa shape index (κ3) is 2.45. The first-order valence-electron chi connectivity index (χ1n) is 7.23. The highest BCUT2D eigenvalue weighted by atomic mass is 16.6. The van der Waals surface area contributed by atoms with Gasteiger partial charge >= 0.3 is 0 Å². The zero-order chi connectivity index (χ0) is 15.7. The lowest BCUT2D eigenvalue weighted by molar-refractivity contribution is -0.384. The number of para-hydroxylation sites is 1. The summed E-state index contributed by atoms with van der Waals surface area (Å²) < 4.78 is 0. The van der Waals surface area contributed by atoms with E-state index in [4.69, 9.17) is 0 Å². The highest BCUT2D eigenvalue weighted by molar-refractivity contribution is 6.08. The SMILES string of the molecule is Cc1ccc([N+](=O)[O-])cc1C(=O)N1CCCc2ccccc21. The number of nitrogens with zero attached hydrogens (tertiary/aromatic N) is 2. The Morgan fingerprint density at radius 2 is 2.00 bits per heavy atom. The fourth-order valence-electron chi connectivity index (χ4n) is 2.84. The molecule has 0 aliphatic carbocycles. The second-order valence-corrected chi connectivity index (χ2v) is 5.45. The molecule has 0 unspecified atom stereocenters. The van der Waals surface area contributed by atoms with Crippen LogP contribution in [0.25, 0.3) is 0 Å². The molecule has 0 spiro atoms. The van der Waals surface area contributed by atoms with Crippen LogP contribution in [0.2, 0.25) is 0 Å². The summed E-state index contributed by atoms with van der Waals surface area (Å²) in [7, 11) is 0. The number of carbonyl (C=O) groups is 1. The quantitative estimate of drug-likeness (QED) is 0.629. The van der Waals surface area contributed by atoms with E-state index in [9.17, 15) is 14.9 Å². The fourth-order valence-corrected chi connectivity index (χ4v) is 2.84. The topological polar surface area (TPSA) is 63.5 Å². The normalized spacial score (nSPS) is 13.6. The van der Waals surface area contributed by atoms with Gasteiger partial charge in [-0.05, 0) is 37.0 Å². The third-order valence-corrected chi connectivity index (χ3v) is 4.02. The monoisotopic (exact) mass is 296 g/mol. The largest absolute Gasteiger partial charge is 0.308 e. The fraction of sp³-hybridized carbons (Fsp3) is 0.235. The van der Waals surface area contributed by atoms with E-state index < -0.39 is 4.92 Å². The number of rotatable bonds is 2. The van der Waals surface area contributed by atoms with Crippen LogP contribution in [0.15, 0.2) is 42.5 Å². The summed E-state index contributed by atoms with van der Waals surface area (Å²) in [5.74, 6) is -0.173. The van der Waals surface area contributed by atoms with Gasteiger partial charge in [0.2, 0.25) is 0 Å². The molecule has 2 aromatic rings. The van der Waals surface area contributed by atoms with E-state index in [1.807, 2.05) is 24.3 Å². The molecule has 112 valence electrons. The van der Waals surface area contributed by atoms with Gasteiger partial charge in [-0.2, -0.15) is 0 Å². The van der Waals surface area contributed by atoms with E-state index in [1.54, 1.807) is 17.9 Å². The van der Waals surface area contributed by atoms with Crippen LogP contribution in [0.4, 0.5) is 11.4 Å². The van der Waals surface area contributed by atoms with Gasteiger partial charge in [0.1, 0.15) is 0 Å². The Hall–Kier alpha value is -2.69. The van der Waals surface area contributed by atoms with Crippen LogP contribution >= 0.6 is 0 Å². The zero-order valence-corrected chi connectivity index (χ0v) is 12.3. The molecular weight excluding hydrogens is 280 g/mol. The van der Waals surface area contributed by atoms with Gasteiger partial charge in [-0.25, -0.2) is 0 Å². The molecule has 2 aromatic carbocycles. The molecule has 0 saturated heterocycles. The summed E-state index contributed by atoms with van der Waals surface area (Å²) in [6.07, 6.45) is 1.85. The van der Waals surface area contributed by atoms with Crippen LogP contribution in [0.3, 0.4) is 0 Å². The van der Waals surface area contributed by atoms with Crippen LogP contribution in [-0.2, 0) is 6.42 Å². The number of benzene rings is 2. The smallest absolute Gasteiger partial charge is 0.270 e. The Morgan fingerprint density at radius 3 is 2.77 bits per heavy atom. The van der Waals surface area contributed by atoms with Crippen molar-refractivity contribution in [1.82, 2.24) is 0 Å². The number of carbonyl (C=O) groups excluding carboxylic acids is 1. The standard InChI is InChI=1S/C17H16N2O3/c1-12-8-9-14(19(21)22)11-15(12)17(20)18-10-4-6-13-5-2-3-7-16(13)18/h2-3,5,7-9,11H,4,6,10H2,1H3. The van der Waals surface area contributed by atoms with Gasteiger partial charge in [0, 0.05) is 29.9 Å². The van der Waals surface area contributed by atoms with Crippen molar-refractivity contribution in [2.24, 2.45) is 0 Å². The summed E-state index contributed by atoms with van der Waals surface area (Å²) in [6.45, 7) is 2.44. The first kappa shape index (κ1) is 14.3. The number of amides is 1. The number of hydrogen-bond donors (Lipinski definition) is 0. The Labute approximate surface area is 128 Å². The van der Waals surface area contributed by atoms with Crippen molar-refractivity contribution in [2.75, 3.05) is 11.4 Å². The molecule has 1 aliphatic heterocycles. The molecule has 0 saturated carbocycles. The van der Waals surface area contributed by atoms with Crippen LogP contribution in [0.5, 0.6) is 0 Å². The number of nitro groups is 1. The van der Waals surface area contributed by atoms with Crippen LogP contribution in [-0.4, -0.2) is 17.4 Å². The Kier molecular flexibility index (Phi) is 3.63. The molecular formula is C17H16N2O3. The van der Waals surface area contributed by atoms with Crippen molar-refractivity contribution in [3.63, 3.8) is 0 Å². The molecule has 0 aromatic heterocycles. The van der Waals surface area contributed by atoms with Gasteiger partial charge in [0.05, 0.1) is 4.92 Å². The minimum atomic E-state index is -0.472. The maximum Gasteiger partial charge on any atom is 0.270 e. The predicted molar refractivity (Wildman–Crippen MR) is 84.3 cm³/mol. The lowest BCUT2D eigenvalue weighted by Crippen LogP contribution is -2.35. The molecule has 5 heteroatoms. The minimum absolute atomic E-state index is 0.0563. The Morgan fingerprint density at radius 1 is 1.23 bits per heavy atom. The van der Waals surface area contributed by atoms with E-state index in [-0.39, 0.29) is 11.6 Å². The first-order valence-corrected chi connectivity index (χ1v) is 7.23. The molecule has 0 fully saturated rings. The number of aryl methyl sites for hydroxylation is 2. The molecule has 0 radical (unpaired) electrons. The second kappa shape index (κ2) is 5.60. The third-order valence-electron chi connectivity index (χ3n) is 4.02. The maximum atomic E-state index is 12.9. The van der Waals surface area contributed by atoms with Crippen molar-refractivity contribution in [3.05, 3.63) is 69.3 Å². The van der Waals surface area contributed by atoms with Crippen molar-refractivity contribution in [1.29, 1.82) is 0 Å². The number of hydrogen-bond acceptors (Lipinski definition) is 3. The number of anilines is 1. The summed E-state index contributed by atoms with van der Waals surface area (Å²) in [4.78, 5) is 25.1. The van der Waals surface area contributed by atoms with Crippen molar-refractivity contribution in [3.8, 4) is 0 Å². The van der Waals surface area contributed by atoms with Gasteiger partial charge in [-0.3, -0.25) is 14.9 Å². The summed E-state index contributed by atoms with van der Waals surface area (Å²) >= 11 is 0. The molecule has 3 rings (SSSR count). The predicted octanol–water partition coefficient (Wildman–Crippen LogP) is 3.50. The lowest BCUT2D eigenvalue weighted by Gasteiger charge is -2.29. The summed E-state index contributed by atoms with van der Waals surface area (Å²) in [6, 6.07) is 12.2. The number of non-ortho nitro benzene ring substituents is 1. The lowest BCUT2D eigenvalue weighted by atomic mass is 9.99. The van der Waals surface area contributed by atoms with E-state index in [0.717, 1.165) is 29.7 Å². The van der Waals surface area contributed by atoms with Crippen LogP contribution in [0, 0.1) is 17.0 Å². The number of fused-ring (bicyclic) bond motifs is 1. The van der Waals surface area contributed by atoms with Gasteiger partial charge < -0.3 is 4.90 Å². The van der Waals surface area contributed by atoms with Crippen LogP contribution in [0.1, 0.15) is 27.9 Å². The highest BCUT2D eigenvalue weighted by Crippen LogP contribution is 2.29. The maximum absolute atomic E-state index is 12.9. The van der Waals surface area contributed by atoms with E-state index in [2.05, 4.69) is 0 Å². The average Bonchev–Trinajstić information content (AvgIpc) is 2.54. The minimum Gasteiger partial charge on any atom is -0.308 e. The molecule has 5 nitrogen and oxygen atoms in total. The van der Waals surface area contributed by atoms with E-state index in [1.165, 1.54) is 12.1 Å². The molecule has 0 atom stereocenters. The Bertz CT molecular complexity index is 755. The molecule has 1 amide bonds. The molecule has 0 N–H and O–H groups in total. The van der Waals surface area contributed by atoms with Crippen LogP contribution < -0.4 is 4.90 Å². The highest BCUT2D eigenvalue weighted by Gasteiger charge is 2.25. The van der Waals surface area contributed by atoms with Gasteiger partial charge in [0.25, 0.3) is 11.6 Å². The first-order chi connectivity index (χ1) is 10.6. The van der Waals surface area contributed by atoms with Gasteiger partial charge in [0.15, 0.2) is 0 Å². The van der Waals surface area contributed by atoms with E-state index >= 15 is 0 Å². The second-order valence-electron chi connectivity index (χ2n) is 5.45. The molecule has 22 heavy (non-hydrogen) atoms. The Balaban J connectivity index is 2.02. The van der Waals surface area contributed by atoms with Gasteiger partial charge in [-0.15, -0.1) is 0 Å². The van der Waals surface area contributed by atoms with Crippen molar-refractivity contribution >= 4 is 17.3 Å². The summed E-state index contributed by atoms with van der Waals surface area (Å²) in [5.41, 5.74) is 3.14. The van der Waals surface area contributed by atoms with E-state index in [0.29, 0.717) is 12.1 Å². The summed E-state index contributed by atoms with van der Waals surface area (Å²) in [5, 5.41) is 10.9. The van der Waals surface area contributed by atoms with Crippen molar-refractivity contribution in [2.45, 2.75) is 19.8 Å². The molecule has 1 heterocycles. The van der Waals surface area contributed by atoms with Crippen molar-refractivity contribution < 1.29 is 9.72 Å². The van der Waals surface area contributed by atoms with Gasteiger partial charge in [-0.1, -0.05) is 24.3 Å². The average molecular weight is 296 g/mol. The number of nitro benzene ring substituents is 1. The molecule has 1 aliphatic rings. The molecule has 0 bridgehead atoms. The zero-order valence-electron chi connectivity index (χ0n) is 12.3.